The number of halogens is 1. The summed E-state index contributed by atoms with van der Waals surface area (Å²) in [5.74, 6) is -0.529. The summed E-state index contributed by atoms with van der Waals surface area (Å²) in [6, 6.07) is 7.00. The molecule has 0 bridgehead atoms. The van der Waals surface area contributed by atoms with Gasteiger partial charge in [-0.2, -0.15) is 0 Å². The normalized spacial score (nSPS) is 10.7. The van der Waals surface area contributed by atoms with E-state index in [9.17, 15) is 4.79 Å². The van der Waals surface area contributed by atoms with Crippen molar-refractivity contribution in [1.82, 2.24) is 9.55 Å². The summed E-state index contributed by atoms with van der Waals surface area (Å²) in [6.45, 7) is 3.72. The first-order chi connectivity index (χ1) is 8.99. The van der Waals surface area contributed by atoms with Gasteiger partial charge in [-0.25, -0.2) is 9.78 Å². The lowest BCUT2D eigenvalue weighted by Gasteiger charge is -2.13. The Bertz CT molecular complexity index is 608. The summed E-state index contributed by atoms with van der Waals surface area (Å²) >= 11 is 5.87. The van der Waals surface area contributed by atoms with Crippen molar-refractivity contribution in [3.63, 3.8) is 0 Å². The molecule has 0 aliphatic rings. The van der Waals surface area contributed by atoms with Crippen LogP contribution in [0, 0.1) is 0 Å². The minimum absolute atomic E-state index is 0.0808. The highest BCUT2D eigenvalue weighted by Gasteiger charge is 2.19. The second kappa shape index (κ2) is 5.32. The SMILES string of the molecule is CC(C)n1c(C(=O)O)cnc1Oc1cccc(Cl)c1. The third kappa shape index (κ3) is 2.88. The molecule has 0 aliphatic heterocycles. The van der Waals surface area contributed by atoms with Crippen molar-refractivity contribution < 1.29 is 14.6 Å². The van der Waals surface area contributed by atoms with Gasteiger partial charge in [-0.05, 0) is 32.0 Å². The van der Waals surface area contributed by atoms with E-state index in [0.29, 0.717) is 10.8 Å². The molecule has 2 rings (SSSR count). The molecule has 0 aliphatic carbocycles. The third-order valence-electron chi connectivity index (χ3n) is 2.50. The summed E-state index contributed by atoms with van der Waals surface area (Å²) in [6.07, 6.45) is 1.28. The lowest BCUT2D eigenvalue weighted by molar-refractivity contribution is 0.0682. The van der Waals surface area contributed by atoms with Crippen LogP contribution in [-0.2, 0) is 0 Å². The Labute approximate surface area is 115 Å². The lowest BCUT2D eigenvalue weighted by Crippen LogP contribution is -2.11. The molecule has 100 valence electrons. The predicted octanol–water partition coefficient (Wildman–Crippen LogP) is 3.61. The maximum atomic E-state index is 11.1. The molecule has 0 fully saturated rings. The molecule has 1 N–H and O–H groups in total. The van der Waals surface area contributed by atoms with Crippen LogP contribution in [0.1, 0.15) is 30.4 Å². The number of nitrogens with zero attached hydrogens (tertiary/aromatic N) is 2. The number of rotatable bonds is 4. The summed E-state index contributed by atoms with van der Waals surface area (Å²) < 4.78 is 7.10. The molecule has 5 nitrogen and oxygen atoms in total. The van der Waals surface area contributed by atoms with Crippen LogP contribution in [-0.4, -0.2) is 20.6 Å². The van der Waals surface area contributed by atoms with Crippen LogP contribution < -0.4 is 4.74 Å². The van der Waals surface area contributed by atoms with Gasteiger partial charge < -0.3 is 9.84 Å². The Morgan fingerprint density at radius 1 is 1.47 bits per heavy atom. The molecule has 2 aromatic rings. The first-order valence-corrected chi connectivity index (χ1v) is 6.10. The molecular formula is C13H13ClN2O3. The zero-order valence-electron chi connectivity index (χ0n) is 10.5. The minimum atomic E-state index is -1.04. The van der Waals surface area contributed by atoms with E-state index in [2.05, 4.69) is 4.98 Å². The smallest absolute Gasteiger partial charge is 0.354 e. The molecule has 6 heteroatoms. The standard InChI is InChI=1S/C13H13ClN2O3/c1-8(2)16-11(12(17)18)7-15-13(16)19-10-5-3-4-9(14)6-10/h3-8H,1-2H3,(H,17,18). The van der Waals surface area contributed by atoms with E-state index in [4.69, 9.17) is 21.4 Å². The maximum absolute atomic E-state index is 11.1. The molecule has 1 aromatic heterocycles. The number of hydrogen-bond acceptors (Lipinski definition) is 3. The van der Waals surface area contributed by atoms with Crippen molar-refractivity contribution in [1.29, 1.82) is 0 Å². The summed E-state index contributed by atoms with van der Waals surface area (Å²) in [5, 5.41) is 9.64. The van der Waals surface area contributed by atoms with E-state index >= 15 is 0 Å². The predicted molar refractivity (Wildman–Crippen MR) is 71.1 cm³/mol. The Morgan fingerprint density at radius 2 is 2.21 bits per heavy atom. The molecular weight excluding hydrogens is 268 g/mol. The number of carboxylic acid groups (broad SMARTS) is 1. The molecule has 19 heavy (non-hydrogen) atoms. The van der Waals surface area contributed by atoms with Gasteiger partial charge in [-0.3, -0.25) is 4.57 Å². The average Bonchev–Trinajstić information content (AvgIpc) is 2.73. The van der Waals surface area contributed by atoms with Gasteiger partial charge in [0.2, 0.25) is 0 Å². The van der Waals surface area contributed by atoms with Gasteiger partial charge in [0.1, 0.15) is 11.4 Å². The summed E-state index contributed by atoms with van der Waals surface area (Å²) in [5.41, 5.74) is 0.0898. The number of imidazole rings is 1. The highest BCUT2D eigenvalue weighted by atomic mass is 35.5. The molecule has 0 radical (unpaired) electrons. The largest absolute Gasteiger partial charge is 0.477 e. The van der Waals surface area contributed by atoms with E-state index in [1.54, 1.807) is 24.3 Å². The zero-order chi connectivity index (χ0) is 14.0. The molecule has 0 spiro atoms. The van der Waals surface area contributed by atoms with Crippen molar-refractivity contribution in [2.45, 2.75) is 19.9 Å². The van der Waals surface area contributed by atoms with Crippen LogP contribution in [0.3, 0.4) is 0 Å². The van der Waals surface area contributed by atoms with Crippen molar-refractivity contribution in [3.8, 4) is 11.8 Å². The van der Waals surface area contributed by atoms with Gasteiger partial charge in [0.25, 0.3) is 0 Å². The van der Waals surface area contributed by atoms with E-state index < -0.39 is 5.97 Å². The van der Waals surface area contributed by atoms with E-state index in [0.717, 1.165) is 0 Å². The third-order valence-corrected chi connectivity index (χ3v) is 2.74. The molecule has 0 saturated carbocycles. The fourth-order valence-electron chi connectivity index (χ4n) is 1.71. The first-order valence-electron chi connectivity index (χ1n) is 5.73. The number of aromatic nitrogens is 2. The van der Waals surface area contributed by atoms with Gasteiger partial charge >= 0.3 is 12.0 Å². The molecule has 1 aromatic carbocycles. The Morgan fingerprint density at radius 3 is 2.79 bits per heavy atom. The number of ether oxygens (including phenoxy) is 1. The number of aromatic carboxylic acids is 1. The zero-order valence-corrected chi connectivity index (χ0v) is 11.3. The fourth-order valence-corrected chi connectivity index (χ4v) is 1.89. The highest BCUT2D eigenvalue weighted by Crippen LogP contribution is 2.26. The summed E-state index contributed by atoms with van der Waals surface area (Å²) in [7, 11) is 0. The Kier molecular flexibility index (Phi) is 3.76. The van der Waals surface area contributed by atoms with Crippen LogP contribution in [0.25, 0.3) is 0 Å². The number of benzene rings is 1. The van der Waals surface area contributed by atoms with Crippen LogP contribution in [0.2, 0.25) is 5.02 Å². The molecule has 0 amide bonds. The van der Waals surface area contributed by atoms with Crippen LogP contribution in [0.15, 0.2) is 30.5 Å². The quantitative estimate of drug-likeness (QED) is 0.929. The number of carbonyl (C=O) groups is 1. The summed E-state index contributed by atoms with van der Waals surface area (Å²) in [4.78, 5) is 15.1. The second-order valence-corrected chi connectivity index (χ2v) is 4.69. The Hall–Kier alpha value is -2.01. The van der Waals surface area contributed by atoms with Crippen molar-refractivity contribution in [3.05, 3.63) is 41.2 Å². The van der Waals surface area contributed by atoms with Crippen molar-refractivity contribution in [2.24, 2.45) is 0 Å². The van der Waals surface area contributed by atoms with Crippen molar-refractivity contribution >= 4 is 17.6 Å². The maximum Gasteiger partial charge on any atom is 0.354 e. The van der Waals surface area contributed by atoms with Crippen LogP contribution in [0.5, 0.6) is 11.8 Å². The lowest BCUT2D eigenvalue weighted by atomic mass is 10.3. The average molecular weight is 281 g/mol. The monoisotopic (exact) mass is 280 g/mol. The van der Waals surface area contributed by atoms with Gasteiger partial charge in [-0.15, -0.1) is 0 Å². The van der Waals surface area contributed by atoms with Crippen molar-refractivity contribution in [2.75, 3.05) is 0 Å². The molecule has 0 atom stereocenters. The minimum Gasteiger partial charge on any atom is -0.477 e. The highest BCUT2D eigenvalue weighted by molar-refractivity contribution is 6.30. The van der Waals surface area contributed by atoms with E-state index in [-0.39, 0.29) is 17.7 Å². The fraction of sp³-hybridized carbons (Fsp3) is 0.231. The molecule has 0 unspecified atom stereocenters. The van der Waals surface area contributed by atoms with Crippen LogP contribution >= 0.6 is 11.6 Å². The number of carboxylic acids is 1. The van der Waals surface area contributed by atoms with Gasteiger partial charge in [0, 0.05) is 11.1 Å². The second-order valence-electron chi connectivity index (χ2n) is 4.25. The van der Waals surface area contributed by atoms with Crippen LogP contribution in [0.4, 0.5) is 0 Å². The molecule has 1 heterocycles. The number of hydrogen-bond donors (Lipinski definition) is 1. The van der Waals surface area contributed by atoms with Gasteiger partial charge in [-0.1, -0.05) is 17.7 Å². The first kappa shape index (κ1) is 13.4. The Balaban J connectivity index is 2.38. The van der Waals surface area contributed by atoms with E-state index in [1.165, 1.54) is 10.8 Å². The van der Waals surface area contributed by atoms with Gasteiger partial charge in [0.05, 0.1) is 6.20 Å². The topological polar surface area (TPSA) is 64.4 Å². The van der Waals surface area contributed by atoms with Gasteiger partial charge in [0.15, 0.2) is 0 Å². The van der Waals surface area contributed by atoms with E-state index in [1.807, 2.05) is 13.8 Å². The molecule has 0 saturated heterocycles.